The Morgan fingerprint density at radius 2 is 2.22 bits per heavy atom. The molecule has 2 aliphatic rings. The number of benzene rings is 1. The van der Waals surface area contributed by atoms with E-state index in [0.717, 1.165) is 10.9 Å². The van der Waals surface area contributed by atoms with Gasteiger partial charge in [0, 0.05) is 16.0 Å². The summed E-state index contributed by atoms with van der Waals surface area (Å²) in [5, 5.41) is 4.68. The van der Waals surface area contributed by atoms with Crippen LogP contribution in [0.2, 0.25) is 5.02 Å². The van der Waals surface area contributed by atoms with E-state index in [1.807, 2.05) is 18.2 Å². The van der Waals surface area contributed by atoms with E-state index in [-0.39, 0.29) is 22.8 Å². The van der Waals surface area contributed by atoms with E-state index in [2.05, 4.69) is 10.3 Å². The molecule has 1 aromatic carbocycles. The molecule has 1 fully saturated rings. The summed E-state index contributed by atoms with van der Waals surface area (Å²) in [5.41, 5.74) is 0.872. The van der Waals surface area contributed by atoms with Gasteiger partial charge in [-0.15, -0.1) is 0 Å². The molecule has 1 aromatic rings. The van der Waals surface area contributed by atoms with Crippen molar-refractivity contribution in [1.29, 1.82) is 0 Å². The molecule has 2 aliphatic heterocycles. The summed E-state index contributed by atoms with van der Waals surface area (Å²) in [5.74, 6) is 0.401. The number of nitrogens with zero attached hydrogens (tertiary/aromatic N) is 1. The van der Waals surface area contributed by atoms with Crippen LogP contribution in [0.25, 0.3) is 0 Å². The molecule has 0 amide bonds. The van der Waals surface area contributed by atoms with Gasteiger partial charge in [0.2, 0.25) is 0 Å². The van der Waals surface area contributed by atoms with Gasteiger partial charge < -0.3 is 5.32 Å². The summed E-state index contributed by atoms with van der Waals surface area (Å²) in [4.78, 5) is 4.42. The molecule has 7 heteroatoms. The molecule has 4 nitrogen and oxygen atoms in total. The molecule has 2 heterocycles. The number of fused-ring (bicyclic) bond motifs is 1. The zero-order chi connectivity index (χ0) is 12.8. The van der Waals surface area contributed by atoms with Crippen molar-refractivity contribution in [2.75, 3.05) is 16.8 Å². The summed E-state index contributed by atoms with van der Waals surface area (Å²) in [6.07, 6.45) is 0. The monoisotopic (exact) mass is 302 g/mol. The van der Waals surface area contributed by atoms with Gasteiger partial charge in [-0.3, -0.25) is 4.99 Å². The highest BCUT2D eigenvalue weighted by Crippen LogP contribution is 2.34. The Bertz CT molecular complexity index is 615. The number of thioether (sulfide) groups is 1. The average Bonchev–Trinajstić information content (AvgIpc) is 2.70. The van der Waals surface area contributed by atoms with Crippen molar-refractivity contribution in [1.82, 2.24) is 0 Å². The molecular formula is C11H11ClN2O2S2. The van der Waals surface area contributed by atoms with Crippen molar-refractivity contribution >= 4 is 44.1 Å². The van der Waals surface area contributed by atoms with Gasteiger partial charge in [0.1, 0.15) is 0 Å². The van der Waals surface area contributed by atoms with Crippen LogP contribution in [-0.2, 0) is 9.84 Å². The molecule has 0 saturated carbocycles. The summed E-state index contributed by atoms with van der Waals surface area (Å²) in [6, 6.07) is 7.28. The van der Waals surface area contributed by atoms with E-state index in [0.29, 0.717) is 5.02 Å². The summed E-state index contributed by atoms with van der Waals surface area (Å²) >= 11 is 7.40. The van der Waals surface area contributed by atoms with Gasteiger partial charge in [0.15, 0.2) is 15.0 Å². The molecule has 3 rings (SSSR count). The molecule has 96 valence electrons. The van der Waals surface area contributed by atoms with Gasteiger partial charge in [0.25, 0.3) is 0 Å². The number of sulfone groups is 1. The van der Waals surface area contributed by atoms with Crippen LogP contribution in [0.1, 0.15) is 0 Å². The van der Waals surface area contributed by atoms with Gasteiger partial charge in [-0.05, 0) is 18.2 Å². The van der Waals surface area contributed by atoms with E-state index >= 15 is 0 Å². The first-order valence-corrected chi connectivity index (χ1v) is 8.57. The third-order valence-corrected chi connectivity index (χ3v) is 6.27. The Labute approximate surface area is 115 Å². The number of aliphatic imine (C=N–C) groups is 1. The Morgan fingerprint density at radius 3 is 2.94 bits per heavy atom. The minimum absolute atomic E-state index is 0.0664. The van der Waals surface area contributed by atoms with Crippen LogP contribution in [0.15, 0.2) is 29.3 Å². The molecule has 1 saturated heterocycles. The molecule has 0 aromatic heterocycles. The largest absolute Gasteiger partial charge is 0.335 e. The Kier molecular flexibility index (Phi) is 3.03. The van der Waals surface area contributed by atoms with Crippen molar-refractivity contribution in [3.63, 3.8) is 0 Å². The molecule has 0 unspecified atom stereocenters. The zero-order valence-electron chi connectivity index (χ0n) is 9.34. The van der Waals surface area contributed by atoms with Gasteiger partial charge in [-0.1, -0.05) is 29.4 Å². The number of rotatable bonds is 1. The molecular weight excluding hydrogens is 292 g/mol. The lowest BCUT2D eigenvalue weighted by molar-refractivity contribution is 0.601. The topological polar surface area (TPSA) is 58.5 Å². The molecule has 0 radical (unpaired) electrons. The van der Waals surface area contributed by atoms with Crippen LogP contribution in [0.4, 0.5) is 5.69 Å². The second-order valence-corrected chi connectivity index (χ2v) is 8.19. The first kappa shape index (κ1) is 12.3. The fraction of sp³-hybridized carbons (Fsp3) is 0.364. The van der Waals surface area contributed by atoms with Gasteiger partial charge in [-0.25, -0.2) is 8.42 Å². The number of halogens is 1. The van der Waals surface area contributed by atoms with Crippen molar-refractivity contribution < 1.29 is 8.42 Å². The SMILES string of the molecule is O=S1(=O)C[C@@H]2N=C(Nc3cccc(Cl)c3)S[C@@H]2C1. The van der Waals surface area contributed by atoms with Gasteiger partial charge >= 0.3 is 0 Å². The quantitative estimate of drug-likeness (QED) is 0.862. The van der Waals surface area contributed by atoms with Crippen LogP contribution in [0, 0.1) is 0 Å². The molecule has 2 atom stereocenters. The van der Waals surface area contributed by atoms with E-state index < -0.39 is 9.84 Å². The van der Waals surface area contributed by atoms with Crippen LogP contribution in [0.3, 0.4) is 0 Å². The number of anilines is 1. The van der Waals surface area contributed by atoms with Crippen molar-refractivity contribution in [2.45, 2.75) is 11.3 Å². The summed E-state index contributed by atoms with van der Waals surface area (Å²) in [6.45, 7) is 0. The fourth-order valence-corrected chi connectivity index (χ4v) is 5.97. The normalized spacial score (nSPS) is 28.8. The van der Waals surface area contributed by atoms with Crippen LogP contribution in [0.5, 0.6) is 0 Å². The predicted octanol–water partition coefficient (Wildman–Crippen LogP) is 2.02. The lowest BCUT2D eigenvalue weighted by Gasteiger charge is -2.06. The maximum absolute atomic E-state index is 11.4. The number of hydrogen-bond donors (Lipinski definition) is 1. The molecule has 0 aliphatic carbocycles. The first-order chi connectivity index (χ1) is 8.52. The Hall–Kier alpha value is -0.720. The number of amidine groups is 1. The Balaban J connectivity index is 1.74. The van der Waals surface area contributed by atoms with E-state index in [9.17, 15) is 8.42 Å². The second-order valence-electron chi connectivity index (χ2n) is 4.37. The highest BCUT2D eigenvalue weighted by Gasteiger charge is 2.42. The van der Waals surface area contributed by atoms with E-state index in [1.54, 1.807) is 6.07 Å². The second kappa shape index (κ2) is 4.43. The van der Waals surface area contributed by atoms with Crippen LogP contribution >= 0.6 is 23.4 Å². The smallest absolute Gasteiger partial charge is 0.161 e. The standard InChI is InChI=1S/C11H11ClN2O2S2/c12-7-2-1-3-8(4-7)13-11-14-9-5-18(15,16)6-10(9)17-11/h1-4,9-10H,5-6H2,(H,13,14)/t9-,10+/m0/s1. The van der Waals surface area contributed by atoms with Crippen molar-refractivity contribution in [3.8, 4) is 0 Å². The molecule has 1 N–H and O–H groups in total. The minimum atomic E-state index is -2.89. The lowest BCUT2D eigenvalue weighted by Crippen LogP contribution is -2.13. The van der Waals surface area contributed by atoms with Crippen LogP contribution in [-0.4, -0.2) is 36.4 Å². The number of hydrogen-bond acceptors (Lipinski definition) is 5. The summed E-state index contributed by atoms with van der Waals surface area (Å²) in [7, 11) is -2.89. The average molecular weight is 303 g/mol. The lowest BCUT2D eigenvalue weighted by atomic mass is 10.3. The highest BCUT2D eigenvalue weighted by atomic mass is 35.5. The van der Waals surface area contributed by atoms with Crippen LogP contribution < -0.4 is 5.32 Å². The maximum Gasteiger partial charge on any atom is 0.161 e. The van der Waals surface area contributed by atoms with Gasteiger partial charge in [0.05, 0.1) is 17.5 Å². The molecule has 0 bridgehead atoms. The molecule has 18 heavy (non-hydrogen) atoms. The predicted molar refractivity (Wildman–Crippen MR) is 76.3 cm³/mol. The van der Waals surface area contributed by atoms with Gasteiger partial charge in [-0.2, -0.15) is 0 Å². The van der Waals surface area contributed by atoms with E-state index in [1.165, 1.54) is 11.8 Å². The van der Waals surface area contributed by atoms with E-state index in [4.69, 9.17) is 11.6 Å². The minimum Gasteiger partial charge on any atom is -0.335 e. The zero-order valence-corrected chi connectivity index (χ0v) is 11.7. The van der Waals surface area contributed by atoms with Crippen molar-refractivity contribution in [3.05, 3.63) is 29.3 Å². The summed E-state index contributed by atoms with van der Waals surface area (Å²) < 4.78 is 22.9. The fourth-order valence-electron chi connectivity index (χ4n) is 2.11. The first-order valence-electron chi connectivity index (χ1n) is 5.49. The Morgan fingerprint density at radius 1 is 1.39 bits per heavy atom. The number of nitrogens with one attached hydrogen (secondary N) is 1. The third kappa shape index (κ3) is 2.50. The maximum atomic E-state index is 11.4. The van der Waals surface area contributed by atoms with Crippen molar-refractivity contribution in [2.24, 2.45) is 4.99 Å². The third-order valence-electron chi connectivity index (χ3n) is 2.89. The molecule has 0 spiro atoms. The highest BCUT2D eigenvalue weighted by molar-refractivity contribution is 8.15.